The molecular weight excluding hydrogens is 182 g/mol. The molecule has 0 saturated heterocycles. The molecule has 0 atom stereocenters. The summed E-state index contributed by atoms with van der Waals surface area (Å²) in [6.45, 7) is 5.51. The van der Waals surface area contributed by atoms with Gasteiger partial charge in [0.1, 0.15) is 5.78 Å². The summed E-state index contributed by atoms with van der Waals surface area (Å²) >= 11 is 0. The van der Waals surface area contributed by atoms with E-state index in [1.807, 2.05) is 0 Å². The Balaban J connectivity index is 3.65. The zero-order valence-corrected chi connectivity index (χ0v) is 9.41. The lowest BCUT2D eigenvalue weighted by Gasteiger charge is -2.20. The van der Waals surface area contributed by atoms with Crippen LogP contribution < -0.4 is 0 Å². The molecule has 84 valence electrons. The number of methoxy groups -OCH3 is 2. The minimum atomic E-state index is 0.227. The summed E-state index contributed by atoms with van der Waals surface area (Å²) in [6, 6.07) is 0. The van der Waals surface area contributed by atoms with Crippen molar-refractivity contribution >= 4 is 5.78 Å². The van der Waals surface area contributed by atoms with Crippen LogP contribution in [0.4, 0.5) is 0 Å². The normalized spacial score (nSPS) is 10.9. The molecule has 0 aromatic heterocycles. The number of ether oxygens (including phenoxy) is 2. The molecule has 4 heteroatoms. The lowest BCUT2D eigenvalue weighted by molar-refractivity contribution is -0.117. The van der Waals surface area contributed by atoms with Crippen molar-refractivity contribution in [2.45, 2.75) is 13.3 Å². The van der Waals surface area contributed by atoms with E-state index in [9.17, 15) is 4.79 Å². The fraction of sp³-hybridized carbons (Fsp3) is 0.900. The Kier molecular flexibility index (Phi) is 8.83. The summed E-state index contributed by atoms with van der Waals surface area (Å²) in [4.78, 5) is 13.0. The Labute approximate surface area is 86.2 Å². The van der Waals surface area contributed by atoms with Crippen LogP contribution in [-0.4, -0.2) is 57.8 Å². The minimum Gasteiger partial charge on any atom is -0.383 e. The Hall–Kier alpha value is -0.450. The van der Waals surface area contributed by atoms with Crippen molar-refractivity contribution in [3.05, 3.63) is 0 Å². The van der Waals surface area contributed by atoms with Gasteiger partial charge in [-0.2, -0.15) is 0 Å². The summed E-state index contributed by atoms with van der Waals surface area (Å²) < 4.78 is 9.98. The first-order valence-corrected chi connectivity index (χ1v) is 4.90. The second-order valence-electron chi connectivity index (χ2n) is 3.28. The van der Waals surface area contributed by atoms with Crippen LogP contribution in [0.15, 0.2) is 0 Å². The van der Waals surface area contributed by atoms with E-state index < -0.39 is 0 Å². The van der Waals surface area contributed by atoms with Gasteiger partial charge in [0.25, 0.3) is 0 Å². The van der Waals surface area contributed by atoms with Gasteiger partial charge in [-0.05, 0) is 6.92 Å². The SMILES string of the molecule is COCCN(CCOC)CCC(C)=O. The lowest BCUT2D eigenvalue weighted by atomic mass is 10.3. The van der Waals surface area contributed by atoms with E-state index in [1.54, 1.807) is 21.1 Å². The Bertz CT molecular complexity index is 142. The van der Waals surface area contributed by atoms with E-state index in [2.05, 4.69) is 4.90 Å². The standard InChI is InChI=1S/C10H21NO3/c1-10(12)4-5-11(6-8-13-2)7-9-14-3/h4-9H2,1-3H3. The number of rotatable bonds is 9. The molecule has 0 aliphatic carbocycles. The van der Waals surface area contributed by atoms with Crippen molar-refractivity contribution in [1.29, 1.82) is 0 Å². The van der Waals surface area contributed by atoms with Crippen molar-refractivity contribution in [2.75, 3.05) is 47.1 Å². The van der Waals surface area contributed by atoms with Gasteiger partial charge in [-0.3, -0.25) is 9.69 Å². The predicted octanol–water partition coefficient (Wildman–Crippen LogP) is 0.560. The highest BCUT2D eigenvalue weighted by Crippen LogP contribution is 1.93. The van der Waals surface area contributed by atoms with Gasteiger partial charge in [-0.1, -0.05) is 0 Å². The third-order valence-corrected chi connectivity index (χ3v) is 2.00. The maximum absolute atomic E-state index is 10.8. The minimum absolute atomic E-state index is 0.227. The van der Waals surface area contributed by atoms with Gasteiger partial charge in [0.2, 0.25) is 0 Å². The zero-order chi connectivity index (χ0) is 10.8. The van der Waals surface area contributed by atoms with Crippen molar-refractivity contribution in [1.82, 2.24) is 4.90 Å². The Morgan fingerprint density at radius 3 is 1.93 bits per heavy atom. The van der Waals surface area contributed by atoms with Gasteiger partial charge < -0.3 is 9.47 Å². The Morgan fingerprint density at radius 2 is 1.57 bits per heavy atom. The first-order chi connectivity index (χ1) is 6.70. The molecule has 0 fully saturated rings. The monoisotopic (exact) mass is 203 g/mol. The van der Waals surface area contributed by atoms with Crippen molar-refractivity contribution in [3.8, 4) is 0 Å². The topological polar surface area (TPSA) is 38.8 Å². The molecule has 0 amide bonds. The molecule has 0 aromatic rings. The number of Topliss-reactive ketones (excluding diaryl/α,β-unsaturated/α-hetero) is 1. The van der Waals surface area contributed by atoms with Gasteiger partial charge in [-0.25, -0.2) is 0 Å². The third-order valence-electron chi connectivity index (χ3n) is 2.00. The molecule has 0 aliphatic rings. The number of carbonyl (C=O) groups excluding carboxylic acids is 1. The number of nitrogens with zero attached hydrogens (tertiary/aromatic N) is 1. The molecule has 0 spiro atoms. The summed E-state index contributed by atoms with van der Waals surface area (Å²) in [5, 5.41) is 0. The van der Waals surface area contributed by atoms with Crippen LogP contribution >= 0.6 is 0 Å². The molecule has 0 heterocycles. The van der Waals surface area contributed by atoms with Crippen LogP contribution in [0.5, 0.6) is 0 Å². The molecule has 0 unspecified atom stereocenters. The van der Waals surface area contributed by atoms with E-state index in [0.717, 1.165) is 19.6 Å². The van der Waals surface area contributed by atoms with Gasteiger partial charge >= 0.3 is 0 Å². The van der Waals surface area contributed by atoms with Gasteiger partial charge in [0.15, 0.2) is 0 Å². The fourth-order valence-electron chi connectivity index (χ4n) is 1.09. The molecule has 0 radical (unpaired) electrons. The molecule has 0 saturated carbocycles. The van der Waals surface area contributed by atoms with Crippen LogP contribution in [0.2, 0.25) is 0 Å². The van der Waals surface area contributed by atoms with Gasteiger partial charge in [-0.15, -0.1) is 0 Å². The maximum atomic E-state index is 10.8. The zero-order valence-electron chi connectivity index (χ0n) is 9.41. The number of carbonyl (C=O) groups is 1. The van der Waals surface area contributed by atoms with E-state index >= 15 is 0 Å². The summed E-state index contributed by atoms with van der Waals surface area (Å²) in [5.74, 6) is 0.227. The number of ketones is 1. The molecule has 0 rings (SSSR count). The largest absolute Gasteiger partial charge is 0.383 e. The molecule has 14 heavy (non-hydrogen) atoms. The molecule has 0 aromatic carbocycles. The molecule has 4 nitrogen and oxygen atoms in total. The second-order valence-corrected chi connectivity index (χ2v) is 3.28. The molecule has 0 aliphatic heterocycles. The van der Waals surface area contributed by atoms with Gasteiger partial charge in [0.05, 0.1) is 13.2 Å². The predicted molar refractivity (Wildman–Crippen MR) is 55.5 cm³/mol. The van der Waals surface area contributed by atoms with Crippen LogP contribution in [-0.2, 0) is 14.3 Å². The second kappa shape index (κ2) is 9.12. The quantitative estimate of drug-likeness (QED) is 0.549. The first-order valence-electron chi connectivity index (χ1n) is 4.90. The highest BCUT2D eigenvalue weighted by molar-refractivity contribution is 5.75. The average Bonchev–Trinajstić information content (AvgIpc) is 2.16. The van der Waals surface area contributed by atoms with E-state index in [-0.39, 0.29) is 5.78 Å². The lowest BCUT2D eigenvalue weighted by Crippen LogP contribution is -2.32. The highest BCUT2D eigenvalue weighted by atomic mass is 16.5. The van der Waals surface area contributed by atoms with Crippen molar-refractivity contribution in [2.24, 2.45) is 0 Å². The van der Waals surface area contributed by atoms with Crippen LogP contribution in [0, 0.1) is 0 Å². The van der Waals surface area contributed by atoms with E-state index in [0.29, 0.717) is 19.6 Å². The maximum Gasteiger partial charge on any atom is 0.131 e. The van der Waals surface area contributed by atoms with Crippen LogP contribution in [0.25, 0.3) is 0 Å². The summed E-state index contributed by atoms with van der Waals surface area (Å²) in [6.07, 6.45) is 0.605. The van der Waals surface area contributed by atoms with Gasteiger partial charge in [0, 0.05) is 40.3 Å². The molecule has 0 bridgehead atoms. The van der Waals surface area contributed by atoms with Crippen LogP contribution in [0.3, 0.4) is 0 Å². The van der Waals surface area contributed by atoms with E-state index in [4.69, 9.17) is 9.47 Å². The molecular formula is C10H21NO3. The third kappa shape index (κ3) is 8.16. The summed E-state index contributed by atoms with van der Waals surface area (Å²) in [5.41, 5.74) is 0. The highest BCUT2D eigenvalue weighted by Gasteiger charge is 2.05. The average molecular weight is 203 g/mol. The number of hydrogen-bond acceptors (Lipinski definition) is 4. The fourth-order valence-corrected chi connectivity index (χ4v) is 1.09. The van der Waals surface area contributed by atoms with E-state index in [1.165, 1.54) is 0 Å². The number of hydrogen-bond donors (Lipinski definition) is 0. The first kappa shape index (κ1) is 13.5. The Morgan fingerprint density at radius 1 is 1.07 bits per heavy atom. The van der Waals surface area contributed by atoms with Crippen LogP contribution in [0.1, 0.15) is 13.3 Å². The van der Waals surface area contributed by atoms with Crippen molar-refractivity contribution < 1.29 is 14.3 Å². The summed E-state index contributed by atoms with van der Waals surface area (Å²) in [7, 11) is 3.36. The van der Waals surface area contributed by atoms with Crippen molar-refractivity contribution in [3.63, 3.8) is 0 Å². The molecule has 0 N–H and O–H groups in total. The smallest absolute Gasteiger partial charge is 0.131 e.